The topological polar surface area (TPSA) is 214 Å². The molecule has 5 aliphatic rings. The number of imide groups is 2. The molecule has 5 aliphatic heterocycles. The Bertz CT molecular complexity index is 2500. The normalized spacial score (nSPS) is 20.0. The predicted molar refractivity (Wildman–Crippen MR) is 226 cm³/mol. The fraction of sp³-hybridized carbons (Fsp3) is 0.378. The lowest BCUT2D eigenvalue weighted by atomic mass is 9.94. The number of allylic oxidation sites excluding steroid dienone is 1. The maximum atomic E-state index is 14.4. The number of aryl methyl sites for hydroxylation is 1. The van der Waals surface area contributed by atoms with Gasteiger partial charge in [-0.25, -0.2) is 0 Å². The third-order valence-electron chi connectivity index (χ3n) is 12.5. The number of nitrogens with one attached hydrogen (secondary N) is 3. The number of hydrogen-bond donors (Lipinski definition) is 4. The molecule has 1 atom stereocenters. The summed E-state index contributed by atoms with van der Waals surface area (Å²) >= 11 is 0. The number of carbonyl (C=O) groups excluding carboxylic acids is 6. The molecule has 16 nitrogen and oxygen atoms in total. The van der Waals surface area contributed by atoms with Gasteiger partial charge in [0.05, 0.1) is 46.8 Å². The molecule has 5 heterocycles. The minimum absolute atomic E-state index is 0.0161. The number of ether oxygens (including phenoxy) is 1. The maximum Gasteiger partial charge on any atom is 0.417 e. The van der Waals surface area contributed by atoms with Gasteiger partial charge in [0.25, 0.3) is 17.7 Å². The first-order valence-electron chi connectivity index (χ1n) is 21.0. The molecule has 3 aromatic rings. The number of benzene rings is 3. The van der Waals surface area contributed by atoms with E-state index < -0.39 is 59.0 Å². The van der Waals surface area contributed by atoms with Crippen LogP contribution in [-0.2, 0) is 20.6 Å². The fourth-order valence-corrected chi connectivity index (χ4v) is 8.95. The smallest absolute Gasteiger partial charge is 0.417 e. The average molecular weight is 882 g/mol. The summed E-state index contributed by atoms with van der Waals surface area (Å²) in [7, 11) is 0. The molecule has 1 unspecified atom stereocenters. The third-order valence-corrected chi connectivity index (χ3v) is 12.5. The second-order valence-electron chi connectivity index (χ2n) is 16.6. The summed E-state index contributed by atoms with van der Waals surface area (Å²) < 4.78 is 49.2. The Morgan fingerprint density at radius 3 is 2.14 bits per heavy atom. The summed E-state index contributed by atoms with van der Waals surface area (Å²) in [6, 6.07) is 14.4. The van der Waals surface area contributed by atoms with Gasteiger partial charge in [0, 0.05) is 62.9 Å². The summed E-state index contributed by atoms with van der Waals surface area (Å²) in [6.07, 6.45) is -2.88. The number of piperidine rings is 2. The van der Waals surface area contributed by atoms with E-state index in [4.69, 9.17) is 21.3 Å². The van der Waals surface area contributed by atoms with E-state index in [1.54, 1.807) is 40.1 Å². The molecule has 334 valence electrons. The Balaban J connectivity index is 0.833. The van der Waals surface area contributed by atoms with Gasteiger partial charge in [-0.05, 0) is 74.2 Å². The van der Waals surface area contributed by atoms with Crippen molar-refractivity contribution in [1.29, 1.82) is 10.8 Å². The number of anilines is 1. The number of amides is 6. The van der Waals surface area contributed by atoms with E-state index in [-0.39, 0.29) is 92.4 Å². The number of likely N-dealkylation sites (tertiary alicyclic amines) is 1. The molecule has 0 saturated carbocycles. The minimum Gasteiger partial charge on any atom is -0.487 e. The fourth-order valence-electron chi connectivity index (χ4n) is 8.95. The Morgan fingerprint density at radius 2 is 1.48 bits per heavy atom. The van der Waals surface area contributed by atoms with Gasteiger partial charge >= 0.3 is 6.18 Å². The second kappa shape index (κ2) is 17.3. The number of amidine groups is 1. The van der Waals surface area contributed by atoms with E-state index in [1.165, 1.54) is 17.0 Å². The largest absolute Gasteiger partial charge is 0.487 e. The van der Waals surface area contributed by atoms with Crippen LogP contribution in [0.5, 0.6) is 5.75 Å². The van der Waals surface area contributed by atoms with E-state index in [2.05, 4.69) is 5.32 Å². The van der Waals surface area contributed by atoms with Crippen molar-refractivity contribution in [2.24, 2.45) is 11.7 Å². The molecule has 0 aromatic heterocycles. The standard InChI is InChI=1S/C45H46F3N9O7/c1-25-4-2-3-5-30(25)35(49)22-37(39(50)51)56-23-29(24-56)64-28-7-9-32(34(21-28)45(46,47)48)42(61)55-18-16-54(17-19-55)41(60)26-12-14-53(15-13-26)27-6-8-31-33(20-27)44(63)57(43(31)62)36-10-11-38(58)52-40(36)59/h2-9,20-22,26,29,36,49H,10-19,23-24H2,1H3,(H3,50,51)(H,52,58,59)/b37-22+,49-35?. The second-order valence-corrected chi connectivity index (χ2v) is 16.6. The summed E-state index contributed by atoms with van der Waals surface area (Å²) in [4.78, 5) is 85.3. The number of alkyl halides is 3. The van der Waals surface area contributed by atoms with Crippen LogP contribution in [0.25, 0.3) is 0 Å². The van der Waals surface area contributed by atoms with Gasteiger partial charge in [-0.2, -0.15) is 13.2 Å². The summed E-state index contributed by atoms with van der Waals surface area (Å²) in [6.45, 7) is 3.63. The van der Waals surface area contributed by atoms with Crippen LogP contribution in [0, 0.1) is 23.7 Å². The lowest BCUT2D eigenvalue weighted by Crippen LogP contribution is -2.54. The highest BCUT2D eigenvalue weighted by molar-refractivity contribution is 6.23. The molecule has 19 heteroatoms. The van der Waals surface area contributed by atoms with Crippen molar-refractivity contribution < 1.29 is 46.7 Å². The average Bonchev–Trinajstić information content (AvgIpc) is 3.51. The number of halogens is 3. The van der Waals surface area contributed by atoms with Crippen molar-refractivity contribution >= 4 is 52.7 Å². The predicted octanol–water partition coefficient (Wildman–Crippen LogP) is 3.57. The number of nitrogens with two attached hydrogens (primary N) is 1. The molecule has 4 saturated heterocycles. The molecule has 0 radical (unpaired) electrons. The Morgan fingerprint density at radius 1 is 0.812 bits per heavy atom. The third kappa shape index (κ3) is 8.53. The van der Waals surface area contributed by atoms with Crippen LogP contribution in [0.15, 0.2) is 72.4 Å². The monoisotopic (exact) mass is 881 g/mol. The van der Waals surface area contributed by atoms with E-state index in [0.29, 0.717) is 42.9 Å². The maximum absolute atomic E-state index is 14.4. The molecular formula is C45H46F3N9O7. The zero-order chi connectivity index (χ0) is 45.6. The molecule has 5 N–H and O–H groups in total. The highest BCUT2D eigenvalue weighted by Gasteiger charge is 2.45. The van der Waals surface area contributed by atoms with Gasteiger partial charge in [0.15, 0.2) is 0 Å². The van der Waals surface area contributed by atoms with Crippen LogP contribution in [-0.4, -0.2) is 131 Å². The van der Waals surface area contributed by atoms with Crippen molar-refractivity contribution in [1.82, 2.24) is 24.9 Å². The zero-order valence-corrected chi connectivity index (χ0v) is 34.9. The van der Waals surface area contributed by atoms with Crippen molar-refractivity contribution in [3.63, 3.8) is 0 Å². The van der Waals surface area contributed by atoms with Crippen LogP contribution in [0.3, 0.4) is 0 Å². The quantitative estimate of drug-likeness (QED) is 0.132. The Hall–Kier alpha value is -7.05. The molecule has 4 fully saturated rings. The van der Waals surface area contributed by atoms with Crippen LogP contribution >= 0.6 is 0 Å². The van der Waals surface area contributed by atoms with Crippen LogP contribution in [0.1, 0.15) is 73.4 Å². The van der Waals surface area contributed by atoms with Crippen molar-refractivity contribution in [2.75, 3.05) is 57.3 Å². The van der Waals surface area contributed by atoms with E-state index >= 15 is 0 Å². The lowest BCUT2D eigenvalue weighted by Gasteiger charge is -2.41. The molecule has 6 amide bonds. The Kier molecular flexibility index (Phi) is 11.8. The summed E-state index contributed by atoms with van der Waals surface area (Å²) in [5, 5.41) is 18.7. The first-order chi connectivity index (χ1) is 30.5. The van der Waals surface area contributed by atoms with E-state index in [1.807, 2.05) is 24.0 Å². The van der Waals surface area contributed by atoms with E-state index in [0.717, 1.165) is 22.6 Å². The summed E-state index contributed by atoms with van der Waals surface area (Å²) in [5.74, 6) is -3.93. The van der Waals surface area contributed by atoms with Crippen molar-refractivity contribution in [2.45, 2.75) is 50.9 Å². The van der Waals surface area contributed by atoms with Crippen LogP contribution in [0.2, 0.25) is 0 Å². The molecule has 64 heavy (non-hydrogen) atoms. The van der Waals surface area contributed by atoms with Gasteiger partial charge < -0.3 is 35.5 Å². The van der Waals surface area contributed by atoms with Crippen molar-refractivity contribution in [3.05, 3.63) is 106 Å². The van der Waals surface area contributed by atoms with Gasteiger partial charge in [-0.3, -0.25) is 44.4 Å². The van der Waals surface area contributed by atoms with Crippen LogP contribution < -0.4 is 20.7 Å². The molecule has 0 aliphatic carbocycles. The van der Waals surface area contributed by atoms with Gasteiger partial charge in [-0.1, -0.05) is 24.3 Å². The van der Waals surface area contributed by atoms with Crippen LogP contribution in [0.4, 0.5) is 18.9 Å². The Labute approximate surface area is 365 Å². The number of hydrogen-bond acceptors (Lipinski definition) is 11. The molecular weight excluding hydrogens is 836 g/mol. The first kappa shape index (κ1) is 43.6. The zero-order valence-electron chi connectivity index (χ0n) is 34.9. The highest BCUT2D eigenvalue weighted by Crippen LogP contribution is 2.37. The van der Waals surface area contributed by atoms with E-state index in [9.17, 15) is 41.9 Å². The molecule has 8 rings (SSSR count). The first-order valence-corrected chi connectivity index (χ1v) is 21.0. The highest BCUT2D eigenvalue weighted by atomic mass is 19.4. The number of piperazine rings is 1. The minimum atomic E-state index is -4.87. The van der Waals surface area contributed by atoms with Gasteiger partial charge in [0.1, 0.15) is 23.7 Å². The van der Waals surface area contributed by atoms with Gasteiger partial charge in [0.2, 0.25) is 17.7 Å². The number of carbonyl (C=O) groups is 6. The lowest BCUT2D eigenvalue weighted by molar-refractivity contribution is -0.138. The number of fused-ring (bicyclic) bond motifs is 1. The molecule has 3 aromatic carbocycles. The number of rotatable bonds is 10. The number of nitrogens with zero attached hydrogens (tertiary/aromatic N) is 5. The summed E-state index contributed by atoms with van der Waals surface area (Å²) in [5.41, 5.74) is 7.19. The molecule has 0 spiro atoms. The van der Waals surface area contributed by atoms with Crippen molar-refractivity contribution in [3.8, 4) is 5.75 Å². The van der Waals surface area contributed by atoms with Gasteiger partial charge in [-0.15, -0.1) is 0 Å². The SMILES string of the molecule is Cc1ccccc1C(=N)/C=C(\C(=N)N)N1CC(Oc2ccc(C(=O)N3CCN(C(=O)C4CCN(c5ccc6c(c5)C(=O)N(C5CCC(=O)NC5=O)C6=O)CC4)CC3)c(C(F)(F)F)c2)C1. The molecule has 0 bridgehead atoms.